The van der Waals surface area contributed by atoms with Crippen LogP contribution in [0, 0.1) is 0 Å². The standard InChI is InChI=1S/C17H31N3O2/c1-16(2,3)18-12-13(15(22)14(12)21)20(17(4,5)6)11-9-10-19(7)8/h18H,9-11H2,1-8H3. The maximum atomic E-state index is 12.1. The summed E-state index contributed by atoms with van der Waals surface area (Å²) in [6.45, 7) is 13.9. The Morgan fingerprint density at radius 3 is 1.86 bits per heavy atom. The third-order valence-electron chi connectivity index (χ3n) is 3.45. The number of hydrogen-bond acceptors (Lipinski definition) is 5. The van der Waals surface area contributed by atoms with Crippen LogP contribution in [0.25, 0.3) is 0 Å². The highest BCUT2D eigenvalue weighted by Gasteiger charge is 2.33. The van der Waals surface area contributed by atoms with Gasteiger partial charge in [0.1, 0.15) is 11.4 Å². The van der Waals surface area contributed by atoms with E-state index in [0.29, 0.717) is 11.4 Å². The Kier molecular flexibility index (Phi) is 5.44. The van der Waals surface area contributed by atoms with Crippen molar-refractivity contribution in [2.45, 2.75) is 59.0 Å². The molecule has 0 amide bonds. The number of rotatable bonds is 6. The molecule has 22 heavy (non-hydrogen) atoms. The van der Waals surface area contributed by atoms with Crippen molar-refractivity contribution in [1.29, 1.82) is 0 Å². The molecule has 0 saturated carbocycles. The molecule has 1 N–H and O–H groups in total. The van der Waals surface area contributed by atoms with Crippen LogP contribution in [-0.4, -0.2) is 43.2 Å². The van der Waals surface area contributed by atoms with Crippen molar-refractivity contribution in [1.82, 2.24) is 4.90 Å². The SMILES string of the molecule is CN(C)CCCN(c1c(NC(C)(C)C)c(=O)c1=O)C(C)(C)C. The first kappa shape index (κ1) is 18.7. The van der Waals surface area contributed by atoms with Crippen LogP contribution in [-0.2, 0) is 0 Å². The van der Waals surface area contributed by atoms with Crippen LogP contribution < -0.4 is 21.1 Å². The Hall–Kier alpha value is -1.36. The van der Waals surface area contributed by atoms with Crippen LogP contribution in [0.4, 0.5) is 11.4 Å². The van der Waals surface area contributed by atoms with E-state index in [0.717, 1.165) is 19.5 Å². The largest absolute Gasteiger partial charge is 0.375 e. The molecule has 0 aliphatic rings. The highest BCUT2D eigenvalue weighted by molar-refractivity contribution is 5.76. The summed E-state index contributed by atoms with van der Waals surface area (Å²) in [5.74, 6) is 0. The Labute approximate surface area is 134 Å². The zero-order chi connectivity index (χ0) is 17.3. The van der Waals surface area contributed by atoms with E-state index in [1.54, 1.807) is 0 Å². The second kappa shape index (κ2) is 6.41. The summed E-state index contributed by atoms with van der Waals surface area (Å²) >= 11 is 0. The molecular weight excluding hydrogens is 278 g/mol. The summed E-state index contributed by atoms with van der Waals surface area (Å²) in [6, 6.07) is 0. The van der Waals surface area contributed by atoms with Gasteiger partial charge in [0.15, 0.2) is 0 Å². The molecule has 5 nitrogen and oxygen atoms in total. The molecule has 126 valence electrons. The smallest absolute Gasteiger partial charge is 0.253 e. The van der Waals surface area contributed by atoms with E-state index in [9.17, 15) is 9.59 Å². The first-order valence-electron chi connectivity index (χ1n) is 7.88. The van der Waals surface area contributed by atoms with Gasteiger partial charge in [0.2, 0.25) is 0 Å². The van der Waals surface area contributed by atoms with Gasteiger partial charge in [-0.3, -0.25) is 9.59 Å². The zero-order valence-electron chi connectivity index (χ0n) is 15.3. The molecule has 0 radical (unpaired) electrons. The molecular formula is C17H31N3O2. The van der Waals surface area contributed by atoms with Crippen molar-refractivity contribution in [3.05, 3.63) is 20.4 Å². The van der Waals surface area contributed by atoms with E-state index >= 15 is 0 Å². The van der Waals surface area contributed by atoms with Crippen molar-refractivity contribution in [3.63, 3.8) is 0 Å². The van der Waals surface area contributed by atoms with E-state index in [2.05, 4.69) is 35.9 Å². The van der Waals surface area contributed by atoms with E-state index < -0.39 is 5.43 Å². The Morgan fingerprint density at radius 1 is 0.909 bits per heavy atom. The quantitative estimate of drug-likeness (QED) is 0.815. The van der Waals surface area contributed by atoms with Gasteiger partial charge in [0.25, 0.3) is 10.9 Å². The minimum Gasteiger partial charge on any atom is -0.375 e. The van der Waals surface area contributed by atoms with Crippen molar-refractivity contribution in [3.8, 4) is 0 Å². The summed E-state index contributed by atoms with van der Waals surface area (Å²) in [6.07, 6.45) is 0.942. The molecule has 0 aliphatic heterocycles. The number of nitrogens with zero attached hydrogens (tertiary/aromatic N) is 2. The third kappa shape index (κ3) is 4.57. The first-order chi connectivity index (χ1) is 9.84. The molecule has 0 aromatic heterocycles. The summed E-state index contributed by atoms with van der Waals surface area (Å²) in [5.41, 5.74) is -0.200. The summed E-state index contributed by atoms with van der Waals surface area (Å²) in [4.78, 5) is 28.3. The van der Waals surface area contributed by atoms with Gasteiger partial charge in [-0.1, -0.05) is 0 Å². The Balaban J connectivity index is 3.08. The average Bonchev–Trinajstić information content (AvgIpc) is 2.32. The topological polar surface area (TPSA) is 52.6 Å². The van der Waals surface area contributed by atoms with Crippen LogP contribution >= 0.6 is 0 Å². The van der Waals surface area contributed by atoms with E-state index in [4.69, 9.17) is 0 Å². The van der Waals surface area contributed by atoms with Gasteiger partial charge >= 0.3 is 0 Å². The highest BCUT2D eigenvalue weighted by Crippen LogP contribution is 2.29. The van der Waals surface area contributed by atoms with Crippen LogP contribution in [0.2, 0.25) is 0 Å². The summed E-state index contributed by atoms with van der Waals surface area (Å²) < 4.78 is 0. The van der Waals surface area contributed by atoms with Gasteiger partial charge < -0.3 is 15.1 Å². The number of nitrogens with one attached hydrogen (secondary N) is 1. The van der Waals surface area contributed by atoms with E-state index in [1.165, 1.54) is 0 Å². The lowest BCUT2D eigenvalue weighted by Gasteiger charge is -2.40. The van der Waals surface area contributed by atoms with Gasteiger partial charge in [-0.2, -0.15) is 0 Å². The monoisotopic (exact) mass is 309 g/mol. The van der Waals surface area contributed by atoms with Gasteiger partial charge in [0.05, 0.1) is 0 Å². The fourth-order valence-electron chi connectivity index (χ4n) is 2.46. The molecule has 1 rings (SSSR count). The van der Waals surface area contributed by atoms with Crippen LogP contribution in [0.3, 0.4) is 0 Å². The lowest BCUT2D eigenvalue weighted by molar-refractivity contribution is 0.388. The molecule has 0 atom stereocenters. The fraction of sp³-hybridized carbons (Fsp3) is 0.765. The van der Waals surface area contributed by atoms with Crippen molar-refractivity contribution in [2.24, 2.45) is 0 Å². The Morgan fingerprint density at radius 2 is 1.45 bits per heavy atom. The van der Waals surface area contributed by atoms with Gasteiger partial charge in [-0.25, -0.2) is 0 Å². The molecule has 0 aliphatic carbocycles. The molecule has 0 heterocycles. The van der Waals surface area contributed by atoms with Crippen molar-refractivity contribution >= 4 is 11.4 Å². The second-order valence-corrected chi connectivity index (χ2v) is 8.24. The Bertz CT molecular complexity index is 570. The average molecular weight is 309 g/mol. The van der Waals surface area contributed by atoms with E-state index in [1.807, 2.05) is 34.9 Å². The molecule has 0 spiro atoms. The minimum atomic E-state index is -0.396. The minimum absolute atomic E-state index is 0.206. The predicted octanol–water partition coefficient (Wildman–Crippen LogP) is 2.05. The maximum Gasteiger partial charge on any atom is 0.253 e. The van der Waals surface area contributed by atoms with Crippen LogP contribution in [0.5, 0.6) is 0 Å². The normalized spacial score (nSPS) is 13.0. The number of anilines is 2. The van der Waals surface area contributed by atoms with Crippen LogP contribution in [0.1, 0.15) is 48.0 Å². The molecule has 1 aromatic carbocycles. The predicted molar refractivity (Wildman–Crippen MR) is 95.0 cm³/mol. The van der Waals surface area contributed by atoms with E-state index in [-0.39, 0.29) is 16.5 Å². The first-order valence-corrected chi connectivity index (χ1v) is 7.88. The van der Waals surface area contributed by atoms with Crippen molar-refractivity contribution in [2.75, 3.05) is 37.4 Å². The lowest BCUT2D eigenvalue weighted by atomic mass is 9.99. The maximum absolute atomic E-state index is 12.1. The lowest BCUT2D eigenvalue weighted by Crippen LogP contribution is -2.52. The van der Waals surface area contributed by atoms with Gasteiger partial charge in [-0.05, 0) is 68.6 Å². The third-order valence-corrected chi connectivity index (χ3v) is 3.45. The zero-order valence-corrected chi connectivity index (χ0v) is 15.3. The van der Waals surface area contributed by atoms with Gasteiger partial charge in [-0.15, -0.1) is 0 Å². The molecule has 1 aromatic rings. The van der Waals surface area contributed by atoms with Crippen molar-refractivity contribution < 1.29 is 0 Å². The molecule has 0 unspecified atom stereocenters. The summed E-state index contributed by atoms with van der Waals surface area (Å²) in [5, 5.41) is 3.19. The second-order valence-electron chi connectivity index (χ2n) is 8.24. The summed E-state index contributed by atoms with van der Waals surface area (Å²) in [7, 11) is 4.07. The van der Waals surface area contributed by atoms with Gasteiger partial charge in [0, 0.05) is 17.6 Å². The molecule has 0 saturated heterocycles. The molecule has 5 heteroatoms. The molecule has 0 fully saturated rings. The fourth-order valence-corrected chi connectivity index (χ4v) is 2.46. The van der Waals surface area contributed by atoms with Crippen LogP contribution in [0.15, 0.2) is 9.59 Å². The number of hydrogen-bond donors (Lipinski definition) is 1. The molecule has 0 bridgehead atoms. The highest BCUT2D eigenvalue weighted by atomic mass is 16.2.